The van der Waals surface area contributed by atoms with E-state index in [-0.39, 0.29) is 12.2 Å². The highest BCUT2D eigenvalue weighted by Gasteiger charge is 1.99. The fourth-order valence-electron chi connectivity index (χ4n) is 1.39. The Balaban J connectivity index is 0.000000191. The molecule has 0 aliphatic heterocycles. The van der Waals surface area contributed by atoms with Crippen LogP contribution in [0.2, 0.25) is 0 Å². The van der Waals surface area contributed by atoms with E-state index in [9.17, 15) is 9.90 Å². The molecule has 1 aromatic carbocycles. The average molecular weight is 264 g/mol. The van der Waals surface area contributed by atoms with Gasteiger partial charge in [-0.3, -0.25) is 0 Å². The largest absolute Gasteiger partial charge is 0.872 e. The summed E-state index contributed by atoms with van der Waals surface area (Å²) in [6.07, 6.45) is 5.79. The first-order chi connectivity index (χ1) is 9.04. The molecule has 0 bridgehead atoms. The third-order valence-corrected chi connectivity index (χ3v) is 2.30. The minimum absolute atomic E-state index is 0.178. The molecule has 0 aliphatic carbocycles. The summed E-state index contributed by atoms with van der Waals surface area (Å²) in [5, 5.41) is 27.5. The molecule has 0 saturated carbocycles. The van der Waals surface area contributed by atoms with Gasteiger partial charge in [0.05, 0.1) is 19.2 Å². The van der Waals surface area contributed by atoms with Crippen molar-refractivity contribution in [1.82, 2.24) is 4.57 Å². The van der Waals surface area contributed by atoms with E-state index in [0.717, 1.165) is 0 Å². The summed E-state index contributed by atoms with van der Waals surface area (Å²) in [5.74, 6) is -1.62. The van der Waals surface area contributed by atoms with Crippen LogP contribution in [-0.4, -0.2) is 27.4 Å². The first-order valence-electron chi connectivity index (χ1n) is 5.66. The fourth-order valence-corrected chi connectivity index (χ4v) is 1.39. The number of aromatic nitrogens is 2. The highest BCUT2D eigenvalue weighted by Crippen LogP contribution is 2.10. The van der Waals surface area contributed by atoms with Gasteiger partial charge in [-0.2, -0.15) is 0 Å². The van der Waals surface area contributed by atoms with Crippen LogP contribution in [0.1, 0.15) is 10.4 Å². The minimum atomic E-state index is -1.18. The summed E-state index contributed by atoms with van der Waals surface area (Å²) in [5.41, 5.74) is -0.178. The number of aromatic carboxylic acids is 1. The molecule has 2 rings (SSSR count). The summed E-state index contributed by atoms with van der Waals surface area (Å²) in [6.45, 7) is 0.884. The normalized spacial score (nSPS) is 9.58. The molecule has 2 N–H and O–H groups in total. The van der Waals surface area contributed by atoms with Crippen LogP contribution >= 0.6 is 0 Å². The Morgan fingerprint density at radius 3 is 2.53 bits per heavy atom. The maximum Gasteiger partial charge on any atom is 0.335 e. The molecule has 19 heavy (non-hydrogen) atoms. The molecule has 0 atom stereocenters. The molecule has 0 fully saturated rings. The van der Waals surface area contributed by atoms with Gasteiger partial charge in [0.2, 0.25) is 6.33 Å². The molecule has 0 radical (unpaired) electrons. The quantitative estimate of drug-likeness (QED) is 0.749. The van der Waals surface area contributed by atoms with E-state index in [1.807, 2.05) is 34.9 Å². The van der Waals surface area contributed by atoms with Gasteiger partial charge in [-0.05, 0) is 6.07 Å². The van der Waals surface area contributed by atoms with Crippen molar-refractivity contribution in [2.45, 2.75) is 6.54 Å². The smallest absolute Gasteiger partial charge is 0.335 e. The summed E-state index contributed by atoms with van der Waals surface area (Å²) in [6, 6.07) is 5.54. The summed E-state index contributed by atoms with van der Waals surface area (Å²) in [4.78, 5) is 10.2. The van der Waals surface area contributed by atoms with Gasteiger partial charge in [-0.1, -0.05) is 23.9 Å². The number of carboxylic acid groups (broad SMARTS) is 1. The topological polar surface area (TPSA) is 89.4 Å². The number of nitrogens with zero attached hydrogens (tertiary/aromatic N) is 2. The minimum Gasteiger partial charge on any atom is -0.872 e. The third-order valence-electron chi connectivity index (χ3n) is 2.30. The molecule has 6 nitrogen and oxygen atoms in total. The van der Waals surface area contributed by atoms with Crippen LogP contribution < -0.4 is 9.67 Å². The Morgan fingerprint density at radius 1 is 1.42 bits per heavy atom. The number of hydrogen-bond acceptors (Lipinski definition) is 3. The van der Waals surface area contributed by atoms with Crippen LogP contribution in [0.4, 0.5) is 0 Å². The summed E-state index contributed by atoms with van der Waals surface area (Å²) < 4.78 is 3.87. The van der Waals surface area contributed by atoms with Gasteiger partial charge >= 0.3 is 5.97 Å². The second-order valence-corrected chi connectivity index (χ2v) is 3.84. The van der Waals surface area contributed by atoms with Gasteiger partial charge in [-0.25, -0.2) is 13.9 Å². The van der Waals surface area contributed by atoms with Gasteiger partial charge in [-0.15, -0.1) is 0 Å². The van der Waals surface area contributed by atoms with E-state index in [0.29, 0.717) is 6.54 Å². The zero-order valence-corrected chi connectivity index (χ0v) is 10.6. The van der Waals surface area contributed by atoms with Crippen molar-refractivity contribution < 1.29 is 24.7 Å². The van der Waals surface area contributed by atoms with Crippen molar-refractivity contribution in [3.05, 3.63) is 48.5 Å². The summed E-state index contributed by atoms with van der Waals surface area (Å²) in [7, 11) is 1.95. The Hall–Kier alpha value is -2.34. The molecular weight excluding hydrogens is 248 g/mol. The molecule has 0 amide bonds. The zero-order chi connectivity index (χ0) is 14.3. The number of benzene rings is 1. The van der Waals surface area contributed by atoms with Gasteiger partial charge in [0.25, 0.3) is 0 Å². The Bertz CT molecular complexity index is 537. The maximum atomic E-state index is 10.7. The van der Waals surface area contributed by atoms with Crippen LogP contribution in [0.15, 0.2) is 43.0 Å². The Labute approximate surface area is 110 Å². The van der Waals surface area contributed by atoms with Crippen molar-refractivity contribution in [2.75, 3.05) is 6.61 Å². The predicted octanol–water partition coefficient (Wildman–Crippen LogP) is -0.237. The number of aliphatic hydroxyl groups excluding tert-OH is 1. The second-order valence-electron chi connectivity index (χ2n) is 3.84. The molecule has 1 aromatic heterocycles. The van der Waals surface area contributed by atoms with E-state index in [4.69, 9.17) is 10.2 Å². The number of imidazole rings is 1. The summed E-state index contributed by atoms with van der Waals surface area (Å²) >= 11 is 0. The highest BCUT2D eigenvalue weighted by atomic mass is 16.4. The Kier molecular flexibility index (Phi) is 5.56. The van der Waals surface area contributed by atoms with Crippen LogP contribution in [-0.2, 0) is 13.6 Å². The number of aryl methyl sites for hydroxylation is 1. The average Bonchev–Trinajstić information content (AvgIpc) is 2.76. The maximum absolute atomic E-state index is 10.7. The SMILES string of the molecule is C[n+]1ccn(CCO)c1.O=C(O)c1ccccc1[O-]. The molecule has 0 unspecified atom stereocenters. The molecule has 6 heteroatoms. The van der Waals surface area contributed by atoms with Crippen LogP contribution in [0.5, 0.6) is 5.75 Å². The predicted molar refractivity (Wildman–Crippen MR) is 65.5 cm³/mol. The van der Waals surface area contributed by atoms with E-state index < -0.39 is 11.7 Å². The van der Waals surface area contributed by atoms with Gasteiger partial charge in [0.15, 0.2) is 0 Å². The van der Waals surface area contributed by atoms with Gasteiger partial charge < -0.3 is 15.3 Å². The molecule has 0 spiro atoms. The third kappa shape index (κ3) is 4.81. The lowest BCUT2D eigenvalue weighted by Crippen LogP contribution is -2.23. The van der Waals surface area contributed by atoms with Crippen LogP contribution in [0.3, 0.4) is 0 Å². The fraction of sp³-hybridized carbons (Fsp3) is 0.231. The molecule has 2 aromatic rings. The lowest BCUT2D eigenvalue weighted by atomic mass is 10.2. The van der Waals surface area contributed by atoms with Crippen molar-refractivity contribution in [3.8, 4) is 5.75 Å². The number of hydrogen-bond donors (Lipinski definition) is 2. The number of aliphatic hydroxyl groups is 1. The number of para-hydroxylation sites is 1. The molecule has 1 heterocycles. The van der Waals surface area contributed by atoms with Gasteiger partial charge in [0, 0.05) is 0 Å². The highest BCUT2D eigenvalue weighted by molar-refractivity contribution is 5.90. The van der Waals surface area contributed by atoms with Gasteiger partial charge in [0.1, 0.15) is 18.9 Å². The molecule has 0 saturated heterocycles. The van der Waals surface area contributed by atoms with Crippen molar-refractivity contribution in [2.24, 2.45) is 7.05 Å². The van der Waals surface area contributed by atoms with Crippen LogP contribution in [0, 0.1) is 0 Å². The lowest BCUT2D eigenvalue weighted by molar-refractivity contribution is -0.671. The number of carboxylic acids is 1. The monoisotopic (exact) mass is 264 g/mol. The van der Waals surface area contributed by atoms with E-state index >= 15 is 0 Å². The number of rotatable bonds is 3. The van der Waals surface area contributed by atoms with E-state index in [1.165, 1.54) is 24.3 Å². The number of carbonyl (C=O) groups is 1. The molecule has 0 aliphatic rings. The van der Waals surface area contributed by atoms with Crippen molar-refractivity contribution in [1.29, 1.82) is 0 Å². The van der Waals surface area contributed by atoms with Crippen molar-refractivity contribution in [3.63, 3.8) is 0 Å². The Morgan fingerprint density at radius 2 is 2.11 bits per heavy atom. The molecular formula is C13H16N2O4. The van der Waals surface area contributed by atoms with Crippen molar-refractivity contribution >= 4 is 5.97 Å². The zero-order valence-electron chi connectivity index (χ0n) is 10.6. The second kappa shape index (κ2) is 7.17. The van der Waals surface area contributed by atoms with E-state index in [1.54, 1.807) is 0 Å². The first-order valence-corrected chi connectivity index (χ1v) is 5.66. The van der Waals surface area contributed by atoms with Crippen LogP contribution in [0.25, 0.3) is 0 Å². The molecule has 102 valence electrons. The van der Waals surface area contributed by atoms with E-state index in [2.05, 4.69) is 0 Å². The standard InChI is InChI=1S/C7H6O3.C6H11N2O/c8-6-4-2-1-3-5(6)7(9)10;1-7-2-3-8(6-7)4-5-9/h1-4,8H,(H,9,10);2-3,6,9H,4-5H2,1H3/q;+1/p-1. The lowest BCUT2D eigenvalue weighted by Gasteiger charge is -2.07. The first kappa shape index (κ1) is 14.7.